The summed E-state index contributed by atoms with van der Waals surface area (Å²) in [7, 11) is 0. The van der Waals surface area contributed by atoms with E-state index in [1.54, 1.807) is 0 Å². The summed E-state index contributed by atoms with van der Waals surface area (Å²) in [6.45, 7) is 2.03. The van der Waals surface area contributed by atoms with E-state index >= 15 is 0 Å². The van der Waals surface area contributed by atoms with Gasteiger partial charge < -0.3 is 16.2 Å². The number of primary amides is 1. The molecule has 0 aliphatic heterocycles. The molecule has 0 heterocycles. The second-order valence-electron chi connectivity index (χ2n) is 3.09. The first-order valence-corrected chi connectivity index (χ1v) is 4.34. The number of hydrogen-bond acceptors (Lipinski definition) is 3. The van der Waals surface area contributed by atoms with E-state index in [2.05, 4.69) is 0 Å². The summed E-state index contributed by atoms with van der Waals surface area (Å²) in [6.07, 6.45) is 0. The summed E-state index contributed by atoms with van der Waals surface area (Å²) in [5, 5.41) is 0. The number of benzene rings is 1. The number of rotatable bonds is 4. The van der Waals surface area contributed by atoms with Crippen LogP contribution in [0.3, 0.4) is 0 Å². The van der Waals surface area contributed by atoms with Crippen molar-refractivity contribution in [2.45, 2.75) is 13.0 Å². The van der Waals surface area contributed by atoms with E-state index in [-0.39, 0.29) is 6.61 Å². The molecule has 1 amide bonds. The Labute approximate surface area is 82.8 Å². The Balaban J connectivity index is 2.54. The third kappa shape index (κ3) is 2.74. The van der Waals surface area contributed by atoms with Gasteiger partial charge in [-0.3, -0.25) is 4.79 Å². The molecule has 0 radical (unpaired) electrons. The fourth-order valence-electron chi connectivity index (χ4n) is 0.980. The van der Waals surface area contributed by atoms with Crippen molar-refractivity contribution in [1.29, 1.82) is 0 Å². The number of para-hydroxylation sites is 1. The van der Waals surface area contributed by atoms with Crippen molar-refractivity contribution in [3.8, 4) is 5.75 Å². The van der Waals surface area contributed by atoms with Gasteiger partial charge in [-0.1, -0.05) is 18.2 Å². The highest BCUT2D eigenvalue weighted by atomic mass is 16.5. The van der Waals surface area contributed by atoms with Crippen LogP contribution in [0.25, 0.3) is 0 Å². The number of hydrogen-bond donors (Lipinski definition) is 2. The first-order valence-electron chi connectivity index (χ1n) is 4.34. The van der Waals surface area contributed by atoms with Gasteiger partial charge in [0.1, 0.15) is 18.4 Å². The molecular weight excluding hydrogens is 180 g/mol. The maximum atomic E-state index is 10.6. The highest BCUT2D eigenvalue weighted by molar-refractivity contribution is 5.79. The van der Waals surface area contributed by atoms with E-state index in [1.807, 2.05) is 31.2 Å². The maximum absolute atomic E-state index is 10.6. The molecule has 1 rings (SSSR count). The molecule has 0 aliphatic rings. The fourth-order valence-corrected chi connectivity index (χ4v) is 0.980. The highest BCUT2D eigenvalue weighted by Gasteiger charge is 2.09. The van der Waals surface area contributed by atoms with Crippen LogP contribution in [0.15, 0.2) is 24.3 Å². The number of amides is 1. The van der Waals surface area contributed by atoms with Gasteiger partial charge in [0.15, 0.2) is 0 Å². The molecular formula is C10H14N2O2. The molecule has 0 bridgehead atoms. The Morgan fingerprint density at radius 1 is 1.50 bits per heavy atom. The molecule has 0 fully saturated rings. The molecule has 14 heavy (non-hydrogen) atoms. The van der Waals surface area contributed by atoms with Crippen LogP contribution in [-0.4, -0.2) is 18.6 Å². The van der Waals surface area contributed by atoms with E-state index in [1.165, 1.54) is 0 Å². The number of nitrogens with two attached hydrogens (primary N) is 2. The molecule has 76 valence electrons. The number of ether oxygens (including phenoxy) is 1. The average Bonchev–Trinajstić information content (AvgIpc) is 2.16. The fraction of sp³-hybridized carbons (Fsp3) is 0.300. The normalized spacial score (nSPS) is 12.1. The van der Waals surface area contributed by atoms with Crippen LogP contribution >= 0.6 is 0 Å². The molecule has 0 saturated carbocycles. The Bertz CT molecular complexity index is 326. The quantitative estimate of drug-likeness (QED) is 0.718. The van der Waals surface area contributed by atoms with Crippen molar-refractivity contribution in [1.82, 2.24) is 0 Å². The zero-order valence-electron chi connectivity index (χ0n) is 8.07. The Hall–Kier alpha value is -1.55. The molecule has 1 unspecified atom stereocenters. The van der Waals surface area contributed by atoms with Crippen molar-refractivity contribution in [3.63, 3.8) is 0 Å². The molecule has 0 saturated heterocycles. The third-order valence-corrected chi connectivity index (χ3v) is 1.88. The summed E-state index contributed by atoms with van der Waals surface area (Å²) < 4.78 is 5.33. The van der Waals surface area contributed by atoms with Gasteiger partial charge in [0.2, 0.25) is 5.91 Å². The second-order valence-corrected chi connectivity index (χ2v) is 3.09. The van der Waals surface area contributed by atoms with Crippen molar-refractivity contribution >= 4 is 5.91 Å². The summed E-state index contributed by atoms with van der Waals surface area (Å²) >= 11 is 0. The van der Waals surface area contributed by atoms with Gasteiger partial charge in [-0.25, -0.2) is 0 Å². The lowest BCUT2D eigenvalue weighted by molar-refractivity contribution is -0.119. The molecule has 1 aromatic carbocycles. The Morgan fingerprint density at radius 3 is 2.71 bits per heavy atom. The summed E-state index contributed by atoms with van der Waals surface area (Å²) in [4.78, 5) is 10.6. The maximum Gasteiger partial charge on any atom is 0.237 e. The van der Waals surface area contributed by atoms with Crippen LogP contribution in [0.5, 0.6) is 5.75 Å². The number of aryl methyl sites for hydroxylation is 1. The lowest BCUT2D eigenvalue weighted by Gasteiger charge is -2.11. The Morgan fingerprint density at radius 2 is 2.14 bits per heavy atom. The smallest absolute Gasteiger partial charge is 0.237 e. The molecule has 4 heteroatoms. The van der Waals surface area contributed by atoms with Gasteiger partial charge in [0, 0.05) is 0 Å². The van der Waals surface area contributed by atoms with Gasteiger partial charge in [-0.15, -0.1) is 0 Å². The van der Waals surface area contributed by atoms with Crippen LogP contribution < -0.4 is 16.2 Å². The van der Waals surface area contributed by atoms with Crippen molar-refractivity contribution in [2.24, 2.45) is 11.5 Å². The van der Waals surface area contributed by atoms with E-state index in [0.29, 0.717) is 0 Å². The average molecular weight is 194 g/mol. The predicted molar refractivity (Wildman–Crippen MR) is 53.8 cm³/mol. The van der Waals surface area contributed by atoms with Crippen LogP contribution in [0.2, 0.25) is 0 Å². The topological polar surface area (TPSA) is 78.3 Å². The standard InChI is InChI=1S/C10H14N2O2/c1-7-4-2-3-5-9(7)14-6-8(11)10(12)13/h2-5,8H,6,11H2,1H3,(H2,12,13). The lowest BCUT2D eigenvalue weighted by atomic mass is 10.2. The summed E-state index contributed by atoms with van der Waals surface area (Å²) in [5.74, 6) is 0.169. The first-order chi connectivity index (χ1) is 6.61. The minimum absolute atomic E-state index is 0.111. The largest absolute Gasteiger partial charge is 0.491 e. The third-order valence-electron chi connectivity index (χ3n) is 1.88. The van der Waals surface area contributed by atoms with E-state index in [4.69, 9.17) is 16.2 Å². The Kier molecular flexibility index (Phi) is 3.48. The van der Waals surface area contributed by atoms with Crippen LogP contribution in [0.1, 0.15) is 5.56 Å². The minimum Gasteiger partial charge on any atom is -0.491 e. The van der Waals surface area contributed by atoms with E-state index in [0.717, 1.165) is 11.3 Å². The van der Waals surface area contributed by atoms with Gasteiger partial charge in [0.25, 0.3) is 0 Å². The van der Waals surface area contributed by atoms with Gasteiger partial charge in [-0.05, 0) is 18.6 Å². The predicted octanol–water partition coefficient (Wildman–Crippen LogP) is 0.186. The van der Waals surface area contributed by atoms with Crippen LogP contribution in [0, 0.1) is 6.92 Å². The van der Waals surface area contributed by atoms with Crippen molar-refractivity contribution < 1.29 is 9.53 Å². The van der Waals surface area contributed by atoms with E-state index < -0.39 is 11.9 Å². The van der Waals surface area contributed by atoms with Crippen LogP contribution in [-0.2, 0) is 4.79 Å². The SMILES string of the molecule is Cc1ccccc1OCC(N)C(N)=O. The zero-order chi connectivity index (χ0) is 10.6. The van der Waals surface area contributed by atoms with Crippen LogP contribution in [0.4, 0.5) is 0 Å². The molecule has 0 aromatic heterocycles. The molecule has 0 spiro atoms. The van der Waals surface area contributed by atoms with Crippen molar-refractivity contribution in [2.75, 3.05) is 6.61 Å². The van der Waals surface area contributed by atoms with Gasteiger partial charge in [0.05, 0.1) is 0 Å². The molecule has 0 aliphatic carbocycles. The molecule has 1 atom stereocenters. The summed E-state index contributed by atoms with van der Waals surface area (Å²) in [6, 6.07) is 6.76. The number of carbonyl (C=O) groups excluding carboxylic acids is 1. The molecule has 4 nitrogen and oxygen atoms in total. The van der Waals surface area contributed by atoms with Gasteiger partial charge in [-0.2, -0.15) is 0 Å². The second kappa shape index (κ2) is 4.62. The van der Waals surface area contributed by atoms with E-state index in [9.17, 15) is 4.79 Å². The van der Waals surface area contributed by atoms with Crippen molar-refractivity contribution in [3.05, 3.63) is 29.8 Å². The number of carbonyl (C=O) groups is 1. The monoisotopic (exact) mass is 194 g/mol. The minimum atomic E-state index is -0.755. The molecule has 4 N–H and O–H groups in total. The van der Waals surface area contributed by atoms with Gasteiger partial charge >= 0.3 is 0 Å². The molecule has 1 aromatic rings. The summed E-state index contributed by atoms with van der Waals surface area (Å²) in [5.41, 5.74) is 11.4. The lowest BCUT2D eigenvalue weighted by Crippen LogP contribution is -2.41. The highest BCUT2D eigenvalue weighted by Crippen LogP contribution is 2.15. The zero-order valence-corrected chi connectivity index (χ0v) is 8.07. The first kappa shape index (κ1) is 10.5.